The second-order valence-electron chi connectivity index (χ2n) is 7.95. The molecular formula is C22H24F3NO. The van der Waals surface area contributed by atoms with Crippen molar-refractivity contribution in [3.05, 3.63) is 58.4 Å². The Morgan fingerprint density at radius 3 is 2.59 bits per heavy atom. The highest BCUT2D eigenvalue weighted by Gasteiger charge is 2.42. The number of anilines is 1. The zero-order valence-corrected chi connectivity index (χ0v) is 15.5. The molecule has 0 bridgehead atoms. The van der Waals surface area contributed by atoms with Gasteiger partial charge in [-0.2, -0.15) is 0 Å². The molecule has 5 heteroatoms. The molecule has 27 heavy (non-hydrogen) atoms. The Labute approximate surface area is 157 Å². The largest absolute Gasteiger partial charge is 0.491 e. The van der Waals surface area contributed by atoms with Gasteiger partial charge in [-0.3, -0.25) is 0 Å². The van der Waals surface area contributed by atoms with Crippen LogP contribution in [0, 0.1) is 29.8 Å². The molecule has 1 heterocycles. The third kappa shape index (κ3) is 3.78. The zero-order chi connectivity index (χ0) is 19.0. The fourth-order valence-corrected chi connectivity index (χ4v) is 3.87. The van der Waals surface area contributed by atoms with Gasteiger partial charge in [0.25, 0.3) is 0 Å². The second kappa shape index (κ2) is 7.10. The van der Waals surface area contributed by atoms with Gasteiger partial charge in [0, 0.05) is 24.6 Å². The number of halogens is 3. The molecule has 2 aliphatic rings. The average molecular weight is 375 g/mol. The molecule has 0 radical (unpaired) electrons. The molecule has 2 nitrogen and oxygen atoms in total. The summed E-state index contributed by atoms with van der Waals surface area (Å²) in [7, 11) is 0. The van der Waals surface area contributed by atoms with E-state index in [0.29, 0.717) is 30.2 Å². The Hall–Kier alpha value is -2.17. The van der Waals surface area contributed by atoms with Crippen LogP contribution in [-0.2, 0) is 6.42 Å². The number of aryl methyl sites for hydroxylation is 1. The Bertz CT molecular complexity index is 861. The second-order valence-corrected chi connectivity index (χ2v) is 7.95. The highest BCUT2D eigenvalue weighted by Crippen LogP contribution is 2.50. The molecule has 0 aromatic heterocycles. The molecule has 144 valence electrons. The molecule has 2 aromatic carbocycles. The molecule has 1 aliphatic carbocycles. The maximum Gasteiger partial charge on any atom is 0.164 e. The van der Waals surface area contributed by atoms with Gasteiger partial charge in [0.05, 0.1) is 12.3 Å². The van der Waals surface area contributed by atoms with E-state index in [0.717, 1.165) is 43.7 Å². The molecule has 0 saturated heterocycles. The molecular weight excluding hydrogens is 351 g/mol. The predicted molar refractivity (Wildman–Crippen MR) is 99.8 cm³/mol. The van der Waals surface area contributed by atoms with Crippen molar-refractivity contribution in [3.8, 4) is 5.75 Å². The van der Waals surface area contributed by atoms with Crippen LogP contribution in [0.5, 0.6) is 5.75 Å². The number of hydrogen-bond acceptors (Lipinski definition) is 2. The predicted octanol–water partition coefficient (Wildman–Crippen LogP) is 5.76. The number of benzene rings is 2. The zero-order valence-electron chi connectivity index (χ0n) is 15.5. The smallest absolute Gasteiger partial charge is 0.164 e. The number of rotatable bonds is 2. The normalized spacial score (nSPS) is 18.4. The first-order valence-corrected chi connectivity index (χ1v) is 9.60. The third-order valence-electron chi connectivity index (χ3n) is 5.81. The minimum Gasteiger partial charge on any atom is -0.491 e. The summed E-state index contributed by atoms with van der Waals surface area (Å²) in [6.45, 7) is 2.97. The van der Waals surface area contributed by atoms with Gasteiger partial charge < -0.3 is 10.1 Å². The van der Waals surface area contributed by atoms with Gasteiger partial charge >= 0.3 is 0 Å². The van der Waals surface area contributed by atoms with Crippen LogP contribution in [0.1, 0.15) is 48.8 Å². The molecule has 1 fully saturated rings. The maximum absolute atomic E-state index is 14.7. The van der Waals surface area contributed by atoms with Gasteiger partial charge in [-0.1, -0.05) is 12.1 Å². The van der Waals surface area contributed by atoms with E-state index in [2.05, 4.69) is 5.32 Å². The fraction of sp³-hybridized carbons (Fsp3) is 0.455. The van der Waals surface area contributed by atoms with Crippen LogP contribution in [0.3, 0.4) is 0 Å². The van der Waals surface area contributed by atoms with Crippen LogP contribution in [0.25, 0.3) is 0 Å². The van der Waals surface area contributed by atoms with Crippen molar-refractivity contribution in [3.63, 3.8) is 0 Å². The standard InChI is InChI=1S/C22H24F3NO/c1-14-4-5-15(17(23)10-14)11-16-20(25)18(24)12-19-21(16)26-13-22(7-8-22)6-2-3-9-27-19/h4-5,10,12,26H,2-3,6-9,11,13H2,1H3. The number of ether oxygens (including phenoxy) is 1. The molecule has 4 rings (SSSR count). The third-order valence-corrected chi connectivity index (χ3v) is 5.81. The van der Waals surface area contributed by atoms with Crippen LogP contribution in [0.2, 0.25) is 0 Å². The van der Waals surface area contributed by atoms with E-state index in [1.165, 1.54) is 6.07 Å². The van der Waals surface area contributed by atoms with Crippen molar-refractivity contribution in [1.29, 1.82) is 0 Å². The minimum absolute atomic E-state index is 0.0264. The van der Waals surface area contributed by atoms with Gasteiger partial charge in [-0.05, 0) is 61.6 Å². The topological polar surface area (TPSA) is 21.3 Å². The molecule has 1 aliphatic heterocycles. The molecule has 1 N–H and O–H groups in total. The highest BCUT2D eigenvalue weighted by molar-refractivity contribution is 5.64. The lowest BCUT2D eigenvalue weighted by Crippen LogP contribution is -2.20. The highest BCUT2D eigenvalue weighted by atomic mass is 19.2. The molecule has 0 unspecified atom stereocenters. The molecule has 0 atom stereocenters. The van der Waals surface area contributed by atoms with E-state index >= 15 is 0 Å². The van der Waals surface area contributed by atoms with E-state index in [4.69, 9.17) is 4.74 Å². The number of nitrogens with one attached hydrogen (secondary N) is 1. The Morgan fingerprint density at radius 2 is 1.85 bits per heavy atom. The van der Waals surface area contributed by atoms with Crippen molar-refractivity contribution in [2.75, 3.05) is 18.5 Å². The summed E-state index contributed by atoms with van der Waals surface area (Å²) in [4.78, 5) is 0. The van der Waals surface area contributed by atoms with Gasteiger partial charge in [0.1, 0.15) is 11.6 Å². The molecule has 1 spiro atoms. The monoisotopic (exact) mass is 375 g/mol. The quantitative estimate of drug-likeness (QED) is 0.721. The summed E-state index contributed by atoms with van der Waals surface area (Å²) in [5, 5.41) is 3.32. The molecule has 2 aromatic rings. The van der Waals surface area contributed by atoms with Gasteiger partial charge in [0.15, 0.2) is 11.6 Å². The summed E-state index contributed by atoms with van der Waals surface area (Å²) in [5.41, 5.74) is 1.97. The lowest BCUT2D eigenvalue weighted by atomic mass is 9.96. The Morgan fingerprint density at radius 1 is 1.04 bits per heavy atom. The van der Waals surface area contributed by atoms with Crippen molar-refractivity contribution < 1.29 is 17.9 Å². The molecule has 0 amide bonds. The van der Waals surface area contributed by atoms with Crippen LogP contribution in [0.4, 0.5) is 18.9 Å². The first kappa shape index (κ1) is 18.2. The Kier molecular flexibility index (Phi) is 4.79. The lowest BCUT2D eigenvalue weighted by molar-refractivity contribution is 0.292. The van der Waals surface area contributed by atoms with Crippen molar-refractivity contribution in [2.45, 2.75) is 45.4 Å². The van der Waals surface area contributed by atoms with Gasteiger partial charge in [-0.15, -0.1) is 0 Å². The van der Waals surface area contributed by atoms with E-state index < -0.39 is 17.5 Å². The minimum atomic E-state index is -0.962. The first-order chi connectivity index (χ1) is 13.0. The number of hydrogen-bond donors (Lipinski definition) is 1. The van der Waals surface area contributed by atoms with Crippen molar-refractivity contribution >= 4 is 5.69 Å². The van der Waals surface area contributed by atoms with E-state index in [1.807, 2.05) is 0 Å². The summed E-state index contributed by atoms with van der Waals surface area (Å²) in [6, 6.07) is 5.92. The SMILES string of the molecule is Cc1ccc(Cc2c(F)c(F)cc3c2NCC2(CCCCO3)CC2)c(F)c1. The van der Waals surface area contributed by atoms with Gasteiger partial charge in [-0.25, -0.2) is 13.2 Å². The number of fused-ring (bicyclic) bond motifs is 1. The Balaban J connectivity index is 1.74. The summed E-state index contributed by atoms with van der Waals surface area (Å²) < 4.78 is 49.0. The summed E-state index contributed by atoms with van der Waals surface area (Å²) >= 11 is 0. The average Bonchev–Trinajstić information content (AvgIpc) is 3.40. The van der Waals surface area contributed by atoms with Crippen molar-refractivity contribution in [2.24, 2.45) is 5.41 Å². The van der Waals surface area contributed by atoms with Gasteiger partial charge in [0.2, 0.25) is 0 Å². The maximum atomic E-state index is 14.7. The summed E-state index contributed by atoms with van der Waals surface area (Å²) in [6.07, 6.45) is 5.36. The van der Waals surface area contributed by atoms with Crippen LogP contribution in [0.15, 0.2) is 24.3 Å². The molecule has 1 saturated carbocycles. The lowest BCUT2D eigenvalue weighted by Gasteiger charge is -2.24. The van der Waals surface area contributed by atoms with Crippen LogP contribution in [-0.4, -0.2) is 13.2 Å². The van der Waals surface area contributed by atoms with E-state index in [1.54, 1.807) is 19.1 Å². The van der Waals surface area contributed by atoms with Crippen LogP contribution < -0.4 is 10.1 Å². The van der Waals surface area contributed by atoms with Crippen molar-refractivity contribution in [1.82, 2.24) is 0 Å². The van der Waals surface area contributed by atoms with E-state index in [9.17, 15) is 13.2 Å². The van der Waals surface area contributed by atoms with Crippen LogP contribution >= 0.6 is 0 Å². The van der Waals surface area contributed by atoms with E-state index in [-0.39, 0.29) is 17.4 Å². The summed E-state index contributed by atoms with van der Waals surface area (Å²) in [5.74, 6) is -2.00. The first-order valence-electron chi connectivity index (χ1n) is 9.60. The fourth-order valence-electron chi connectivity index (χ4n) is 3.87.